The standard InChI is InChI=1S/C16H18ClN3S/c1-9-5-14-16(18-7-9)20(15(19-14)11(3)17)8-13-6-10(2)12(4)21-13/h5-7,11H,8H2,1-4H3. The largest absolute Gasteiger partial charge is 0.306 e. The molecule has 110 valence electrons. The zero-order valence-corrected chi connectivity index (χ0v) is 14.2. The van der Waals surface area contributed by atoms with Crippen molar-refractivity contribution < 1.29 is 0 Å². The van der Waals surface area contributed by atoms with Gasteiger partial charge in [-0.15, -0.1) is 22.9 Å². The van der Waals surface area contributed by atoms with Crippen LogP contribution in [0.3, 0.4) is 0 Å². The van der Waals surface area contributed by atoms with Crippen molar-refractivity contribution in [3.8, 4) is 0 Å². The van der Waals surface area contributed by atoms with Gasteiger partial charge in [-0.1, -0.05) is 0 Å². The van der Waals surface area contributed by atoms with E-state index in [1.54, 1.807) is 0 Å². The number of rotatable bonds is 3. The zero-order valence-electron chi connectivity index (χ0n) is 12.6. The highest BCUT2D eigenvalue weighted by Gasteiger charge is 2.17. The van der Waals surface area contributed by atoms with Crippen LogP contribution in [-0.2, 0) is 6.54 Å². The molecule has 0 amide bonds. The van der Waals surface area contributed by atoms with Crippen LogP contribution in [0.4, 0.5) is 0 Å². The molecule has 0 N–H and O–H groups in total. The monoisotopic (exact) mass is 319 g/mol. The van der Waals surface area contributed by atoms with Gasteiger partial charge in [0.2, 0.25) is 0 Å². The lowest BCUT2D eigenvalue weighted by molar-refractivity contribution is 0.743. The van der Waals surface area contributed by atoms with E-state index in [-0.39, 0.29) is 5.38 Å². The van der Waals surface area contributed by atoms with Crippen molar-refractivity contribution in [3.05, 3.63) is 45.0 Å². The van der Waals surface area contributed by atoms with Crippen molar-refractivity contribution in [1.82, 2.24) is 14.5 Å². The van der Waals surface area contributed by atoms with E-state index in [0.717, 1.165) is 29.1 Å². The first kappa shape index (κ1) is 14.5. The van der Waals surface area contributed by atoms with Crippen LogP contribution in [0.5, 0.6) is 0 Å². The number of fused-ring (bicyclic) bond motifs is 1. The van der Waals surface area contributed by atoms with E-state index in [2.05, 4.69) is 40.5 Å². The second-order valence-electron chi connectivity index (χ2n) is 5.48. The fourth-order valence-corrected chi connectivity index (χ4v) is 3.68. The number of pyridine rings is 1. The highest BCUT2D eigenvalue weighted by atomic mass is 35.5. The molecule has 3 nitrogen and oxygen atoms in total. The summed E-state index contributed by atoms with van der Waals surface area (Å²) in [4.78, 5) is 11.9. The molecule has 21 heavy (non-hydrogen) atoms. The maximum atomic E-state index is 6.31. The highest BCUT2D eigenvalue weighted by molar-refractivity contribution is 7.12. The Morgan fingerprint density at radius 1 is 1.29 bits per heavy atom. The van der Waals surface area contributed by atoms with Crippen molar-refractivity contribution in [2.45, 2.75) is 39.6 Å². The molecular weight excluding hydrogens is 302 g/mol. The van der Waals surface area contributed by atoms with Gasteiger partial charge in [-0.05, 0) is 51.0 Å². The molecule has 3 aromatic rings. The van der Waals surface area contributed by atoms with Crippen LogP contribution in [0.1, 0.15) is 39.0 Å². The van der Waals surface area contributed by atoms with Crippen LogP contribution in [0.15, 0.2) is 18.3 Å². The van der Waals surface area contributed by atoms with Gasteiger partial charge < -0.3 is 4.57 Å². The molecule has 1 unspecified atom stereocenters. The molecule has 0 aromatic carbocycles. The van der Waals surface area contributed by atoms with Crippen molar-refractivity contribution in [1.29, 1.82) is 0 Å². The summed E-state index contributed by atoms with van der Waals surface area (Å²) < 4.78 is 2.14. The molecule has 0 radical (unpaired) electrons. The van der Waals surface area contributed by atoms with E-state index in [4.69, 9.17) is 11.6 Å². The summed E-state index contributed by atoms with van der Waals surface area (Å²) in [6.45, 7) is 9.06. The van der Waals surface area contributed by atoms with Crippen LogP contribution in [0.2, 0.25) is 0 Å². The van der Waals surface area contributed by atoms with Crippen LogP contribution in [-0.4, -0.2) is 14.5 Å². The Morgan fingerprint density at radius 2 is 2.05 bits per heavy atom. The van der Waals surface area contributed by atoms with Crippen LogP contribution >= 0.6 is 22.9 Å². The summed E-state index contributed by atoms with van der Waals surface area (Å²) in [5.74, 6) is 0.883. The third-order valence-electron chi connectivity index (χ3n) is 3.64. The van der Waals surface area contributed by atoms with E-state index >= 15 is 0 Å². The molecule has 0 spiro atoms. The van der Waals surface area contributed by atoms with Crippen molar-refractivity contribution in [2.75, 3.05) is 0 Å². The Bertz CT molecular complexity index is 782. The summed E-state index contributed by atoms with van der Waals surface area (Å²) in [6, 6.07) is 4.30. The molecule has 0 aliphatic heterocycles. The number of halogens is 1. The Balaban J connectivity index is 2.12. The maximum Gasteiger partial charge on any atom is 0.160 e. The fraction of sp³-hybridized carbons (Fsp3) is 0.375. The van der Waals surface area contributed by atoms with Crippen molar-refractivity contribution in [3.63, 3.8) is 0 Å². The van der Waals surface area contributed by atoms with Gasteiger partial charge in [-0.25, -0.2) is 9.97 Å². The van der Waals surface area contributed by atoms with Crippen molar-refractivity contribution >= 4 is 34.1 Å². The summed E-state index contributed by atoms with van der Waals surface area (Å²) in [5, 5.41) is -0.137. The SMILES string of the molecule is Cc1cnc2c(c1)nc(C(C)Cl)n2Cc1cc(C)c(C)s1. The van der Waals surface area contributed by atoms with Gasteiger partial charge in [0.1, 0.15) is 11.3 Å². The topological polar surface area (TPSA) is 30.7 Å². The summed E-state index contributed by atoms with van der Waals surface area (Å²) >= 11 is 8.14. The van der Waals surface area contributed by atoms with Gasteiger partial charge in [0.15, 0.2) is 5.65 Å². The highest BCUT2D eigenvalue weighted by Crippen LogP contribution is 2.27. The smallest absolute Gasteiger partial charge is 0.160 e. The second-order valence-corrected chi connectivity index (χ2v) is 7.47. The number of thiophene rings is 1. The minimum absolute atomic E-state index is 0.137. The van der Waals surface area contributed by atoms with Gasteiger partial charge in [0.25, 0.3) is 0 Å². The van der Waals surface area contributed by atoms with E-state index in [1.807, 2.05) is 31.4 Å². The molecular formula is C16H18ClN3S. The van der Waals surface area contributed by atoms with Gasteiger partial charge in [0, 0.05) is 16.0 Å². The molecule has 3 aromatic heterocycles. The average molecular weight is 320 g/mol. The predicted molar refractivity (Wildman–Crippen MR) is 89.4 cm³/mol. The number of hydrogen-bond donors (Lipinski definition) is 0. The Morgan fingerprint density at radius 3 is 2.67 bits per heavy atom. The maximum absolute atomic E-state index is 6.31. The van der Waals surface area contributed by atoms with Crippen LogP contribution in [0, 0.1) is 20.8 Å². The first-order chi connectivity index (χ1) is 9.95. The molecule has 5 heteroatoms. The van der Waals surface area contributed by atoms with Gasteiger partial charge in [-0.3, -0.25) is 0 Å². The Hall–Kier alpha value is -1.39. The minimum atomic E-state index is -0.137. The Kier molecular flexibility index (Phi) is 3.76. The lowest BCUT2D eigenvalue weighted by Crippen LogP contribution is -2.05. The molecule has 0 saturated carbocycles. The molecule has 0 saturated heterocycles. The number of aromatic nitrogens is 3. The molecule has 0 fully saturated rings. The number of hydrogen-bond acceptors (Lipinski definition) is 3. The van der Waals surface area contributed by atoms with Gasteiger partial charge >= 0.3 is 0 Å². The van der Waals surface area contributed by atoms with Gasteiger partial charge in [-0.2, -0.15) is 0 Å². The predicted octanol–water partition coefficient (Wildman–Crippen LogP) is 4.77. The quantitative estimate of drug-likeness (QED) is 0.651. The normalized spacial score (nSPS) is 13.0. The summed E-state index contributed by atoms with van der Waals surface area (Å²) in [6.07, 6.45) is 1.88. The third kappa shape index (κ3) is 2.70. The molecule has 0 aliphatic rings. The van der Waals surface area contributed by atoms with E-state index in [0.29, 0.717) is 0 Å². The Labute approximate surface area is 133 Å². The minimum Gasteiger partial charge on any atom is -0.306 e. The molecule has 1 atom stereocenters. The first-order valence-corrected chi connectivity index (χ1v) is 8.23. The lowest BCUT2D eigenvalue weighted by Gasteiger charge is -2.08. The van der Waals surface area contributed by atoms with Gasteiger partial charge in [0.05, 0.1) is 11.9 Å². The van der Waals surface area contributed by atoms with E-state index in [9.17, 15) is 0 Å². The molecule has 3 rings (SSSR count). The first-order valence-electron chi connectivity index (χ1n) is 6.98. The van der Waals surface area contributed by atoms with E-state index < -0.39 is 0 Å². The van der Waals surface area contributed by atoms with Crippen LogP contribution in [0.25, 0.3) is 11.2 Å². The fourth-order valence-electron chi connectivity index (χ4n) is 2.47. The third-order valence-corrected chi connectivity index (χ3v) is 4.97. The number of nitrogens with zero attached hydrogens (tertiary/aromatic N) is 3. The van der Waals surface area contributed by atoms with Crippen LogP contribution < -0.4 is 0 Å². The number of imidazole rings is 1. The summed E-state index contributed by atoms with van der Waals surface area (Å²) in [7, 11) is 0. The lowest BCUT2D eigenvalue weighted by atomic mass is 10.3. The van der Waals surface area contributed by atoms with E-state index in [1.165, 1.54) is 15.3 Å². The van der Waals surface area contributed by atoms with Crippen molar-refractivity contribution in [2.24, 2.45) is 0 Å². The molecule has 0 aliphatic carbocycles. The number of aryl methyl sites for hydroxylation is 3. The second kappa shape index (κ2) is 5.43. The molecule has 3 heterocycles. The average Bonchev–Trinajstić information content (AvgIpc) is 2.91. The zero-order chi connectivity index (χ0) is 15.1. The number of alkyl halides is 1. The summed E-state index contributed by atoms with van der Waals surface area (Å²) in [5.41, 5.74) is 4.28. The molecule has 0 bridgehead atoms.